The summed E-state index contributed by atoms with van der Waals surface area (Å²) in [6, 6.07) is 0.731. The Morgan fingerprint density at radius 3 is 3.00 bits per heavy atom. The van der Waals surface area contributed by atoms with Crippen molar-refractivity contribution in [2.24, 2.45) is 5.92 Å². The molecule has 0 aromatic carbocycles. The van der Waals surface area contributed by atoms with Crippen LogP contribution in [0.3, 0.4) is 0 Å². The van der Waals surface area contributed by atoms with Gasteiger partial charge in [-0.15, -0.1) is 11.3 Å². The molecule has 2 N–H and O–H groups in total. The van der Waals surface area contributed by atoms with Gasteiger partial charge in [0.2, 0.25) is 0 Å². The highest BCUT2D eigenvalue weighted by atomic mass is 32.2. The lowest BCUT2D eigenvalue weighted by molar-refractivity contribution is 0.305. The normalized spacial score (nSPS) is 24.6. The molecule has 2 aromatic rings. The number of rotatable bonds is 4. The van der Waals surface area contributed by atoms with Crippen LogP contribution in [0.4, 0.5) is 5.82 Å². The lowest BCUT2D eigenvalue weighted by Gasteiger charge is -2.18. The van der Waals surface area contributed by atoms with E-state index >= 15 is 0 Å². The summed E-state index contributed by atoms with van der Waals surface area (Å²) in [6.45, 7) is 3.58. The highest BCUT2D eigenvalue weighted by Crippen LogP contribution is 2.40. The van der Waals surface area contributed by atoms with Gasteiger partial charge in [0, 0.05) is 16.7 Å². The average Bonchev–Trinajstić information content (AvgIpc) is 3.10. The lowest BCUT2D eigenvalue weighted by Crippen LogP contribution is -2.25. The Morgan fingerprint density at radius 1 is 1.33 bits per heavy atom. The quantitative estimate of drug-likeness (QED) is 0.659. The van der Waals surface area contributed by atoms with Crippen LogP contribution in [-0.4, -0.2) is 40.3 Å². The Hall–Kier alpha value is -0.850. The van der Waals surface area contributed by atoms with Gasteiger partial charge in [0.05, 0.1) is 5.39 Å². The van der Waals surface area contributed by atoms with Gasteiger partial charge in [-0.25, -0.2) is 9.97 Å². The number of hydrogen-bond acceptors (Lipinski definition) is 6. The first-order valence-corrected chi connectivity index (χ1v) is 10.8. The topological polar surface area (TPSA) is 55.0 Å². The molecule has 3 heterocycles. The standard InChI is InChI=1S/C18H26N4S2/c1-11-5-6-13-14(10-11)24-17-15(13)16(19)20-18(21-17)23-9-7-12-4-3-8-22(12)2/h11-12H,3-10H2,1-2H3,(H2,19,20,21). The van der Waals surface area contributed by atoms with Gasteiger partial charge in [-0.05, 0) is 63.6 Å². The Balaban J connectivity index is 1.50. The van der Waals surface area contributed by atoms with Gasteiger partial charge in [0.25, 0.3) is 0 Å². The van der Waals surface area contributed by atoms with E-state index in [0.717, 1.165) is 39.5 Å². The SMILES string of the molecule is CC1CCc2c(sc3nc(SCCC4CCCN4C)nc(N)c23)C1. The van der Waals surface area contributed by atoms with Crippen molar-refractivity contribution in [3.05, 3.63) is 10.4 Å². The number of hydrogen-bond donors (Lipinski definition) is 1. The third-order valence-corrected chi connectivity index (χ3v) is 7.55. The number of thiophene rings is 1. The van der Waals surface area contributed by atoms with E-state index in [4.69, 9.17) is 10.7 Å². The second-order valence-corrected chi connectivity index (χ2v) is 9.48. The van der Waals surface area contributed by atoms with E-state index in [1.807, 2.05) is 11.3 Å². The molecule has 0 spiro atoms. The van der Waals surface area contributed by atoms with Crippen molar-refractivity contribution < 1.29 is 0 Å². The summed E-state index contributed by atoms with van der Waals surface area (Å²) in [6.07, 6.45) is 7.43. The maximum Gasteiger partial charge on any atom is 0.190 e. The van der Waals surface area contributed by atoms with Crippen LogP contribution >= 0.6 is 23.1 Å². The molecule has 2 unspecified atom stereocenters. The van der Waals surface area contributed by atoms with E-state index in [9.17, 15) is 0 Å². The number of aryl methyl sites for hydroxylation is 1. The number of aromatic nitrogens is 2. The van der Waals surface area contributed by atoms with Crippen LogP contribution in [0.25, 0.3) is 10.2 Å². The summed E-state index contributed by atoms with van der Waals surface area (Å²) in [4.78, 5) is 14.5. The number of likely N-dealkylation sites (tertiary alicyclic amines) is 1. The predicted octanol–water partition coefficient (Wildman–Crippen LogP) is 3.97. The highest BCUT2D eigenvalue weighted by molar-refractivity contribution is 7.99. The van der Waals surface area contributed by atoms with Crippen molar-refractivity contribution in [1.82, 2.24) is 14.9 Å². The molecule has 2 aliphatic rings. The van der Waals surface area contributed by atoms with Gasteiger partial charge >= 0.3 is 0 Å². The van der Waals surface area contributed by atoms with Crippen LogP contribution < -0.4 is 5.73 Å². The number of fused-ring (bicyclic) bond motifs is 3. The maximum atomic E-state index is 6.31. The molecule has 2 atom stereocenters. The van der Waals surface area contributed by atoms with Crippen LogP contribution in [0.15, 0.2) is 5.16 Å². The maximum absolute atomic E-state index is 6.31. The second kappa shape index (κ2) is 6.81. The Labute approximate surface area is 152 Å². The van der Waals surface area contributed by atoms with E-state index < -0.39 is 0 Å². The first kappa shape index (κ1) is 16.6. The molecule has 4 nitrogen and oxygen atoms in total. The van der Waals surface area contributed by atoms with Crippen molar-refractivity contribution in [3.63, 3.8) is 0 Å². The van der Waals surface area contributed by atoms with Gasteiger partial charge in [0.1, 0.15) is 10.6 Å². The zero-order valence-electron chi connectivity index (χ0n) is 14.5. The number of thioether (sulfide) groups is 1. The number of anilines is 1. The second-order valence-electron chi connectivity index (χ2n) is 7.34. The highest BCUT2D eigenvalue weighted by Gasteiger charge is 2.24. The van der Waals surface area contributed by atoms with Crippen molar-refractivity contribution in [1.29, 1.82) is 0 Å². The fraction of sp³-hybridized carbons (Fsp3) is 0.667. The van der Waals surface area contributed by atoms with Gasteiger partial charge in [0.15, 0.2) is 5.16 Å². The zero-order chi connectivity index (χ0) is 16.7. The minimum absolute atomic E-state index is 0.688. The summed E-state index contributed by atoms with van der Waals surface area (Å²) in [5.41, 5.74) is 7.74. The van der Waals surface area contributed by atoms with Gasteiger partial charge in [-0.3, -0.25) is 0 Å². The largest absolute Gasteiger partial charge is 0.383 e. The van der Waals surface area contributed by atoms with Crippen LogP contribution in [0.2, 0.25) is 0 Å². The molecule has 2 aromatic heterocycles. The van der Waals surface area contributed by atoms with Crippen molar-refractivity contribution in [2.75, 3.05) is 25.1 Å². The number of nitrogens with two attached hydrogens (primary N) is 1. The van der Waals surface area contributed by atoms with E-state index in [1.165, 1.54) is 49.1 Å². The first-order chi connectivity index (χ1) is 11.6. The molecule has 1 aliphatic heterocycles. The van der Waals surface area contributed by atoms with Gasteiger partial charge < -0.3 is 10.6 Å². The zero-order valence-corrected chi connectivity index (χ0v) is 16.2. The molecule has 24 heavy (non-hydrogen) atoms. The summed E-state index contributed by atoms with van der Waals surface area (Å²) in [5.74, 6) is 2.53. The van der Waals surface area contributed by atoms with Crippen LogP contribution in [0, 0.1) is 5.92 Å². The Morgan fingerprint density at radius 2 is 2.21 bits per heavy atom. The molecule has 6 heteroatoms. The molecular formula is C18H26N4S2. The van der Waals surface area contributed by atoms with Crippen molar-refractivity contribution in [2.45, 2.75) is 56.6 Å². The van der Waals surface area contributed by atoms with E-state index in [2.05, 4.69) is 23.9 Å². The molecule has 1 saturated heterocycles. The minimum atomic E-state index is 0.688. The number of nitrogen functional groups attached to an aromatic ring is 1. The monoisotopic (exact) mass is 362 g/mol. The van der Waals surface area contributed by atoms with Gasteiger partial charge in [-0.2, -0.15) is 0 Å². The molecule has 0 amide bonds. The summed E-state index contributed by atoms with van der Waals surface area (Å²) < 4.78 is 0. The summed E-state index contributed by atoms with van der Waals surface area (Å²) in [7, 11) is 2.24. The van der Waals surface area contributed by atoms with Crippen LogP contribution in [0.5, 0.6) is 0 Å². The Kier molecular flexibility index (Phi) is 4.71. The van der Waals surface area contributed by atoms with E-state index in [0.29, 0.717) is 5.82 Å². The molecule has 1 fully saturated rings. The number of nitrogens with zero attached hydrogens (tertiary/aromatic N) is 3. The molecule has 0 saturated carbocycles. The minimum Gasteiger partial charge on any atom is -0.383 e. The molecule has 0 radical (unpaired) electrons. The first-order valence-electron chi connectivity index (χ1n) is 9.02. The van der Waals surface area contributed by atoms with E-state index in [-0.39, 0.29) is 0 Å². The third kappa shape index (κ3) is 3.16. The molecule has 130 valence electrons. The average molecular weight is 363 g/mol. The predicted molar refractivity (Wildman–Crippen MR) is 104 cm³/mol. The van der Waals surface area contributed by atoms with Crippen LogP contribution in [0.1, 0.15) is 43.0 Å². The van der Waals surface area contributed by atoms with Crippen LogP contribution in [-0.2, 0) is 12.8 Å². The summed E-state index contributed by atoms with van der Waals surface area (Å²) >= 11 is 3.60. The lowest BCUT2D eigenvalue weighted by atomic mass is 9.89. The molecular weight excluding hydrogens is 336 g/mol. The smallest absolute Gasteiger partial charge is 0.190 e. The summed E-state index contributed by atoms with van der Waals surface area (Å²) in [5, 5.41) is 1.99. The van der Waals surface area contributed by atoms with Gasteiger partial charge in [-0.1, -0.05) is 18.7 Å². The van der Waals surface area contributed by atoms with E-state index in [1.54, 1.807) is 11.8 Å². The molecule has 4 rings (SSSR count). The fourth-order valence-corrected chi connectivity index (χ4v) is 6.38. The van der Waals surface area contributed by atoms with Crippen molar-refractivity contribution in [3.8, 4) is 0 Å². The van der Waals surface area contributed by atoms with Crippen molar-refractivity contribution >= 4 is 39.1 Å². The molecule has 1 aliphatic carbocycles. The fourth-order valence-electron chi connectivity index (χ4n) is 4.04. The molecule has 0 bridgehead atoms. The Bertz CT molecular complexity index is 742. The third-order valence-electron chi connectivity index (χ3n) is 5.52.